The Balaban J connectivity index is 4.04. The Morgan fingerprint density at radius 1 is 0.484 bits per heavy atom. The molecule has 0 saturated carbocycles. The molecule has 0 heterocycles. The van der Waals surface area contributed by atoms with Gasteiger partial charge in [-0.2, -0.15) is 0 Å². The van der Waals surface area contributed by atoms with Gasteiger partial charge in [-0.3, -0.25) is 13.8 Å². The van der Waals surface area contributed by atoms with E-state index in [0.29, 0.717) is 6.61 Å². The number of aliphatic hydroxyl groups is 2. The number of unbranched alkanes of at least 4 members (excludes halogenated alkanes) is 33. The highest BCUT2D eigenvalue weighted by Gasteiger charge is 2.26. The molecule has 0 radical (unpaired) electrons. The van der Waals surface area contributed by atoms with E-state index in [1.54, 1.807) is 0 Å². The second-order valence-electron chi connectivity index (χ2n) is 17.9. The molecule has 9 nitrogen and oxygen atoms in total. The maximum atomic E-state index is 12.7. The van der Waals surface area contributed by atoms with Gasteiger partial charge in [0.1, 0.15) is 12.2 Å². The molecule has 0 saturated heterocycles. The number of esters is 1. The summed E-state index contributed by atoms with van der Waals surface area (Å²) in [6.45, 7) is 3.56. The molecule has 3 atom stereocenters. The van der Waals surface area contributed by atoms with Crippen LogP contribution >= 0.6 is 7.82 Å². The number of phosphoric ester groups is 1. The van der Waals surface area contributed by atoms with E-state index in [2.05, 4.69) is 38.2 Å². The van der Waals surface area contributed by atoms with Gasteiger partial charge in [0.2, 0.25) is 0 Å². The highest BCUT2D eigenvalue weighted by atomic mass is 31.2. The number of carbonyl (C=O) groups excluding carboxylic acids is 1. The molecule has 62 heavy (non-hydrogen) atoms. The highest BCUT2D eigenvalue weighted by Crippen LogP contribution is 2.43. The van der Waals surface area contributed by atoms with Gasteiger partial charge in [0.25, 0.3) is 0 Å². The zero-order valence-electron chi connectivity index (χ0n) is 40.6. The number of hydrogen-bond donors (Lipinski definition) is 3. The SMILES string of the molecule is CCCCCCCC/C=C\CCCCCCCCCCCC(=O)OC(COCCCCCCCCCCCC/C=C\CCCCCCCCCC)COP(=O)(O)OCC(O)CO. The Bertz CT molecular complexity index is 1020. The van der Waals surface area contributed by atoms with Crippen molar-refractivity contribution < 1.29 is 43.0 Å². The third kappa shape index (κ3) is 48.4. The van der Waals surface area contributed by atoms with Crippen LogP contribution in [0.4, 0.5) is 0 Å². The second kappa shape index (κ2) is 49.4. The van der Waals surface area contributed by atoms with Crippen molar-refractivity contribution in [1.29, 1.82) is 0 Å². The van der Waals surface area contributed by atoms with Crippen LogP contribution in [0.15, 0.2) is 24.3 Å². The average molecular weight is 901 g/mol. The van der Waals surface area contributed by atoms with Crippen LogP contribution in [0.2, 0.25) is 0 Å². The Kier molecular flexibility index (Phi) is 48.5. The molecule has 10 heteroatoms. The van der Waals surface area contributed by atoms with Gasteiger partial charge in [0, 0.05) is 13.0 Å². The largest absolute Gasteiger partial charge is 0.472 e. The van der Waals surface area contributed by atoms with Crippen molar-refractivity contribution in [1.82, 2.24) is 0 Å². The van der Waals surface area contributed by atoms with E-state index < -0.39 is 33.2 Å². The summed E-state index contributed by atoms with van der Waals surface area (Å²) in [6.07, 6.45) is 54.3. The van der Waals surface area contributed by atoms with Crippen molar-refractivity contribution >= 4 is 13.8 Å². The van der Waals surface area contributed by atoms with Gasteiger partial charge in [0.15, 0.2) is 0 Å². The van der Waals surface area contributed by atoms with Gasteiger partial charge in [-0.1, -0.05) is 212 Å². The summed E-state index contributed by atoms with van der Waals surface area (Å²) >= 11 is 0. The zero-order valence-corrected chi connectivity index (χ0v) is 41.5. The molecule has 0 aliphatic carbocycles. The summed E-state index contributed by atoms with van der Waals surface area (Å²) in [7, 11) is -4.52. The van der Waals surface area contributed by atoms with Crippen LogP contribution in [0, 0.1) is 0 Å². The van der Waals surface area contributed by atoms with Crippen molar-refractivity contribution in [2.24, 2.45) is 0 Å². The topological polar surface area (TPSA) is 132 Å². The molecule has 0 aromatic heterocycles. The average Bonchev–Trinajstić information content (AvgIpc) is 3.26. The summed E-state index contributed by atoms with van der Waals surface area (Å²) in [5.41, 5.74) is 0. The molecule has 368 valence electrons. The van der Waals surface area contributed by atoms with Crippen LogP contribution in [-0.2, 0) is 27.9 Å². The lowest BCUT2D eigenvalue weighted by Crippen LogP contribution is -2.29. The molecule has 0 aliphatic heterocycles. The third-order valence-electron chi connectivity index (χ3n) is 11.6. The van der Waals surface area contributed by atoms with Crippen LogP contribution in [0.25, 0.3) is 0 Å². The van der Waals surface area contributed by atoms with E-state index in [0.717, 1.165) is 38.5 Å². The van der Waals surface area contributed by atoms with Gasteiger partial charge in [-0.05, 0) is 64.2 Å². The lowest BCUT2D eigenvalue weighted by atomic mass is 10.1. The summed E-state index contributed by atoms with van der Waals surface area (Å²) in [5.74, 6) is -0.381. The zero-order chi connectivity index (χ0) is 45.3. The minimum Gasteiger partial charge on any atom is -0.457 e. The van der Waals surface area contributed by atoms with Crippen molar-refractivity contribution in [2.75, 3.05) is 33.0 Å². The van der Waals surface area contributed by atoms with Crippen molar-refractivity contribution in [3.63, 3.8) is 0 Å². The molecular weight excluding hydrogens is 800 g/mol. The van der Waals surface area contributed by atoms with Gasteiger partial charge in [-0.15, -0.1) is 0 Å². The molecular formula is C52H101O9P. The standard InChI is InChI=1S/C52H101O9P/c1-3-5-7-9-11-13-15-17-19-21-23-24-25-27-29-31-33-35-37-39-41-43-45-58-48-51(49-60-62(56,57)59-47-50(54)46-53)61-52(55)44-42-40-38-36-34-32-30-28-26-22-20-18-16-14-12-10-8-6-4-2/h18,20-21,23,50-51,53-54H,3-17,19,22,24-49H2,1-2H3,(H,56,57)/b20-18-,23-21-. The lowest BCUT2D eigenvalue weighted by molar-refractivity contribution is -0.154. The fourth-order valence-corrected chi connectivity index (χ4v) is 8.37. The van der Waals surface area contributed by atoms with E-state index in [-0.39, 0.29) is 25.6 Å². The van der Waals surface area contributed by atoms with E-state index in [1.165, 1.54) is 199 Å². The lowest BCUT2D eigenvalue weighted by Gasteiger charge is -2.20. The molecule has 0 aromatic carbocycles. The molecule has 0 spiro atoms. The summed E-state index contributed by atoms with van der Waals surface area (Å²) < 4.78 is 33.6. The van der Waals surface area contributed by atoms with Crippen LogP contribution in [0.3, 0.4) is 0 Å². The molecule has 0 aliphatic rings. The highest BCUT2D eigenvalue weighted by molar-refractivity contribution is 7.47. The Hall–Kier alpha value is -1.06. The van der Waals surface area contributed by atoms with Crippen LogP contribution < -0.4 is 0 Å². The number of aliphatic hydroxyl groups excluding tert-OH is 2. The maximum Gasteiger partial charge on any atom is 0.472 e. The molecule has 0 amide bonds. The predicted molar refractivity (Wildman–Crippen MR) is 261 cm³/mol. The third-order valence-corrected chi connectivity index (χ3v) is 12.6. The number of ether oxygens (including phenoxy) is 2. The normalized spacial score (nSPS) is 14.0. The number of hydrogen-bond acceptors (Lipinski definition) is 8. The quantitative estimate of drug-likeness (QED) is 0.0236. The molecule has 0 aromatic rings. The number of carbonyl (C=O) groups is 1. The Labute approximate surface area is 383 Å². The smallest absolute Gasteiger partial charge is 0.457 e. The molecule has 3 N–H and O–H groups in total. The molecule has 0 bridgehead atoms. The first kappa shape index (κ1) is 60.9. The summed E-state index contributed by atoms with van der Waals surface area (Å²) in [6, 6.07) is 0. The van der Waals surface area contributed by atoms with Crippen LogP contribution in [0.5, 0.6) is 0 Å². The minimum atomic E-state index is -4.52. The van der Waals surface area contributed by atoms with E-state index in [9.17, 15) is 19.4 Å². The fourth-order valence-electron chi connectivity index (χ4n) is 7.58. The van der Waals surface area contributed by atoms with Crippen molar-refractivity contribution in [3.05, 3.63) is 24.3 Å². The van der Waals surface area contributed by atoms with E-state index in [4.69, 9.17) is 23.6 Å². The predicted octanol–water partition coefficient (Wildman–Crippen LogP) is 15.4. The van der Waals surface area contributed by atoms with Crippen molar-refractivity contribution in [2.45, 2.75) is 270 Å². The first-order valence-corrected chi connectivity index (χ1v) is 27.8. The monoisotopic (exact) mass is 901 g/mol. The number of allylic oxidation sites excluding steroid dienone is 4. The van der Waals surface area contributed by atoms with Gasteiger partial charge in [0.05, 0.1) is 26.4 Å². The molecule has 3 unspecified atom stereocenters. The van der Waals surface area contributed by atoms with E-state index in [1.807, 2.05) is 0 Å². The van der Waals surface area contributed by atoms with Gasteiger partial charge >= 0.3 is 13.8 Å². The minimum absolute atomic E-state index is 0.0511. The van der Waals surface area contributed by atoms with Gasteiger partial charge in [-0.25, -0.2) is 4.57 Å². The molecule has 0 rings (SSSR count). The Morgan fingerprint density at radius 2 is 0.823 bits per heavy atom. The van der Waals surface area contributed by atoms with Crippen molar-refractivity contribution in [3.8, 4) is 0 Å². The summed E-state index contributed by atoms with van der Waals surface area (Å²) in [4.78, 5) is 22.7. The fraction of sp³-hybridized carbons (Fsp3) is 0.904. The Morgan fingerprint density at radius 3 is 1.21 bits per heavy atom. The van der Waals surface area contributed by atoms with Crippen LogP contribution in [0.1, 0.15) is 258 Å². The number of phosphoric acid groups is 1. The molecule has 0 fully saturated rings. The van der Waals surface area contributed by atoms with Crippen LogP contribution in [-0.4, -0.2) is 66.3 Å². The summed E-state index contributed by atoms with van der Waals surface area (Å²) in [5, 5.41) is 18.4. The number of rotatable bonds is 51. The second-order valence-corrected chi connectivity index (χ2v) is 19.3. The van der Waals surface area contributed by atoms with E-state index >= 15 is 0 Å². The first-order valence-electron chi connectivity index (χ1n) is 26.3. The maximum absolute atomic E-state index is 12.7. The first-order chi connectivity index (χ1) is 30.3. The van der Waals surface area contributed by atoms with Gasteiger partial charge < -0.3 is 24.6 Å².